The number of unbranched alkanes of at least 4 members (excludes halogenated alkanes) is 3. The van der Waals surface area contributed by atoms with E-state index >= 15 is 0 Å². The number of amides is 1. The maximum absolute atomic E-state index is 13.9. The Morgan fingerprint density at radius 3 is 2.81 bits per heavy atom. The van der Waals surface area contributed by atoms with Crippen LogP contribution in [0.4, 0.5) is 5.69 Å². The highest BCUT2D eigenvalue weighted by molar-refractivity contribution is 6.30. The third-order valence-corrected chi connectivity index (χ3v) is 7.43. The molecule has 190 valence electrons. The molecule has 37 heavy (non-hydrogen) atoms. The summed E-state index contributed by atoms with van der Waals surface area (Å²) in [7, 11) is 1.96. The van der Waals surface area contributed by atoms with E-state index in [1.807, 2.05) is 34.7 Å². The number of rotatable bonds is 9. The fourth-order valence-electron chi connectivity index (χ4n) is 5.26. The van der Waals surface area contributed by atoms with E-state index in [0.29, 0.717) is 30.2 Å². The summed E-state index contributed by atoms with van der Waals surface area (Å²) in [6.45, 7) is 8.61. The van der Waals surface area contributed by atoms with Crippen molar-refractivity contribution in [3.8, 4) is 0 Å². The van der Waals surface area contributed by atoms with E-state index in [-0.39, 0.29) is 11.8 Å². The zero-order valence-electron chi connectivity index (χ0n) is 20.8. The predicted molar refractivity (Wildman–Crippen MR) is 142 cm³/mol. The lowest BCUT2D eigenvalue weighted by Crippen LogP contribution is -2.29. The number of carbonyl (C=O) groups excluding carboxylic acids is 1. The lowest BCUT2D eigenvalue weighted by atomic mass is 10.0. The van der Waals surface area contributed by atoms with Gasteiger partial charge in [0.05, 0.1) is 12.1 Å². The number of aromatic amines is 1. The second-order valence-corrected chi connectivity index (χ2v) is 10.0. The van der Waals surface area contributed by atoms with Crippen LogP contribution in [0.5, 0.6) is 0 Å². The van der Waals surface area contributed by atoms with Gasteiger partial charge in [-0.2, -0.15) is 5.21 Å². The van der Waals surface area contributed by atoms with Gasteiger partial charge in [-0.25, -0.2) is 9.83 Å². The van der Waals surface area contributed by atoms with Crippen LogP contribution in [0.2, 0.25) is 5.02 Å². The molecule has 10 heteroatoms. The van der Waals surface area contributed by atoms with E-state index in [2.05, 4.69) is 36.5 Å². The summed E-state index contributed by atoms with van der Waals surface area (Å²) in [5.41, 5.74) is 4.09. The topological polar surface area (TPSA) is 96.9 Å². The van der Waals surface area contributed by atoms with Gasteiger partial charge >= 0.3 is 0 Å². The van der Waals surface area contributed by atoms with Crippen LogP contribution in [0.1, 0.15) is 65.5 Å². The number of nitrogens with one attached hydrogen (secondary N) is 1. The Labute approximate surface area is 220 Å². The number of benzene rings is 1. The molecule has 4 aromatic rings. The quantitative estimate of drug-likeness (QED) is 0.241. The first kappa shape index (κ1) is 24.9. The first-order valence-electron chi connectivity index (χ1n) is 12.7. The van der Waals surface area contributed by atoms with Gasteiger partial charge in [0.25, 0.3) is 5.91 Å². The zero-order valence-corrected chi connectivity index (χ0v) is 21.6. The fraction of sp³-hybridized carbons (Fsp3) is 0.407. The molecule has 0 spiro atoms. The number of pyridine rings is 1. The molecule has 0 unspecified atom stereocenters. The minimum absolute atomic E-state index is 0.0171. The Morgan fingerprint density at radius 1 is 1.22 bits per heavy atom. The molecule has 5 rings (SSSR count). The van der Waals surface area contributed by atoms with E-state index in [1.54, 1.807) is 12.3 Å². The van der Waals surface area contributed by atoms with E-state index in [9.17, 15) is 4.79 Å². The minimum Gasteiger partial charge on any atom is -0.338 e. The molecule has 0 saturated carbocycles. The standard InChI is InChI=1S/C27H29ClN8O/c1-29-21-15-22-24(27(37)36-13-12-19(17-36)25-31-33-34-32-25)23(35(2)26(22)30-16-21)11-6-4-3-5-8-18-9-7-10-20(28)14-18/h7,9-10,14-16,19H,3-6,8,11-13,17H2,2H3,(H,31,32,33,34)/t19-/m0/s1. The van der Waals surface area contributed by atoms with E-state index in [1.165, 1.54) is 5.56 Å². The Balaban J connectivity index is 1.30. The highest BCUT2D eigenvalue weighted by Crippen LogP contribution is 2.32. The van der Waals surface area contributed by atoms with Crippen LogP contribution in [-0.2, 0) is 19.9 Å². The summed E-state index contributed by atoms with van der Waals surface area (Å²) >= 11 is 6.10. The predicted octanol–water partition coefficient (Wildman–Crippen LogP) is 5.27. The largest absolute Gasteiger partial charge is 0.338 e. The molecule has 1 saturated heterocycles. The number of carbonyl (C=O) groups is 1. The third-order valence-electron chi connectivity index (χ3n) is 7.20. The van der Waals surface area contributed by atoms with Gasteiger partial charge in [0.15, 0.2) is 5.82 Å². The molecule has 1 fully saturated rings. The van der Waals surface area contributed by atoms with Crippen LogP contribution in [0, 0.1) is 6.57 Å². The van der Waals surface area contributed by atoms with Crippen molar-refractivity contribution in [2.45, 2.75) is 50.9 Å². The molecule has 1 amide bonds. The monoisotopic (exact) mass is 516 g/mol. The third kappa shape index (κ3) is 5.35. The van der Waals surface area contributed by atoms with Crippen LogP contribution in [0.15, 0.2) is 36.5 Å². The van der Waals surface area contributed by atoms with Crippen LogP contribution >= 0.6 is 11.6 Å². The van der Waals surface area contributed by atoms with Gasteiger partial charge in [0, 0.05) is 48.4 Å². The van der Waals surface area contributed by atoms with Crippen LogP contribution in [0.3, 0.4) is 0 Å². The van der Waals surface area contributed by atoms with Crippen molar-refractivity contribution in [1.29, 1.82) is 0 Å². The number of halogens is 1. The van der Waals surface area contributed by atoms with Crippen molar-refractivity contribution >= 4 is 34.2 Å². The summed E-state index contributed by atoms with van der Waals surface area (Å²) < 4.78 is 2.02. The zero-order chi connectivity index (χ0) is 25.8. The molecule has 3 aromatic heterocycles. The number of hydrogen-bond donors (Lipinski definition) is 1. The van der Waals surface area contributed by atoms with Crippen molar-refractivity contribution in [3.05, 3.63) is 75.6 Å². The normalized spacial score (nSPS) is 15.4. The van der Waals surface area contributed by atoms with Gasteiger partial charge < -0.3 is 9.47 Å². The summed E-state index contributed by atoms with van der Waals surface area (Å²) in [5, 5.41) is 15.9. The first-order chi connectivity index (χ1) is 18.0. The smallest absolute Gasteiger partial charge is 0.256 e. The maximum atomic E-state index is 13.9. The van der Waals surface area contributed by atoms with E-state index in [0.717, 1.165) is 66.7 Å². The Hall–Kier alpha value is -3.77. The molecule has 4 heterocycles. The number of tetrazole rings is 1. The molecule has 1 atom stereocenters. The van der Waals surface area contributed by atoms with Gasteiger partial charge in [-0.1, -0.05) is 41.8 Å². The average molecular weight is 517 g/mol. The summed E-state index contributed by atoms with van der Waals surface area (Å²) in [4.78, 5) is 23.8. The van der Waals surface area contributed by atoms with E-state index < -0.39 is 0 Å². The van der Waals surface area contributed by atoms with Crippen molar-refractivity contribution in [3.63, 3.8) is 0 Å². The molecule has 0 radical (unpaired) electrons. The number of nitrogens with zero attached hydrogens (tertiary/aromatic N) is 7. The Morgan fingerprint density at radius 2 is 2.05 bits per heavy atom. The Bertz CT molecular complexity index is 1440. The molecule has 1 aromatic carbocycles. The van der Waals surface area contributed by atoms with Crippen molar-refractivity contribution in [1.82, 2.24) is 35.1 Å². The number of H-pyrrole nitrogens is 1. The van der Waals surface area contributed by atoms with Crippen LogP contribution in [-0.4, -0.2) is 54.1 Å². The first-order valence-corrected chi connectivity index (χ1v) is 13.0. The Kier molecular flexibility index (Phi) is 7.47. The lowest BCUT2D eigenvalue weighted by Gasteiger charge is -2.17. The molecule has 1 aliphatic rings. The minimum atomic E-state index is -0.0171. The molecule has 1 N–H and O–H groups in total. The van der Waals surface area contributed by atoms with Crippen LogP contribution in [0.25, 0.3) is 15.9 Å². The molecular formula is C27H29ClN8O. The SMILES string of the molecule is [C-]#[N+]c1cnc2c(c1)c(C(=O)N1CC[C@H](c3nn[nH]n3)C1)c(CCCCCCc1cccc(Cl)c1)n2C. The summed E-state index contributed by atoms with van der Waals surface area (Å²) in [6, 6.07) is 9.84. The van der Waals surface area contributed by atoms with E-state index in [4.69, 9.17) is 18.2 Å². The van der Waals surface area contributed by atoms with Crippen LogP contribution < -0.4 is 0 Å². The summed E-state index contributed by atoms with van der Waals surface area (Å²) in [5.74, 6) is 0.692. The molecule has 0 bridgehead atoms. The van der Waals surface area contributed by atoms with Crippen molar-refractivity contribution in [2.24, 2.45) is 7.05 Å². The van der Waals surface area contributed by atoms with Crippen molar-refractivity contribution in [2.75, 3.05) is 13.1 Å². The molecule has 0 aliphatic carbocycles. The number of hydrogen-bond acceptors (Lipinski definition) is 5. The van der Waals surface area contributed by atoms with Gasteiger partial charge in [-0.05, 0) is 55.9 Å². The number of fused-ring (bicyclic) bond motifs is 1. The average Bonchev–Trinajstić information content (AvgIpc) is 3.66. The van der Waals surface area contributed by atoms with Gasteiger partial charge in [0.2, 0.25) is 5.69 Å². The van der Waals surface area contributed by atoms with Crippen molar-refractivity contribution < 1.29 is 4.79 Å². The van der Waals surface area contributed by atoms with Gasteiger partial charge in [-0.15, -0.1) is 10.2 Å². The number of aromatic nitrogens is 6. The lowest BCUT2D eigenvalue weighted by molar-refractivity contribution is 0.0791. The molecule has 9 nitrogen and oxygen atoms in total. The van der Waals surface area contributed by atoms with Gasteiger partial charge in [-0.3, -0.25) is 4.79 Å². The maximum Gasteiger partial charge on any atom is 0.256 e. The fourth-order valence-corrected chi connectivity index (χ4v) is 5.48. The highest BCUT2D eigenvalue weighted by Gasteiger charge is 2.33. The molecule has 1 aliphatic heterocycles. The van der Waals surface area contributed by atoms with Gasteiger partial charge in [0.1, 0.15) is 5.65 Å². The number of aryl methyl sites for hydroxylation is 2. The number of likely N-dealkylation sites (tertiary alicyclic amines) is 1. The molecular weight excluding hydrogens is 488 g/mol. The second kappa shape index (κ2) is 11.1. The summed E-state index contributed by atoms with van der Waals surface area (Å²) in [6.07, 6.45) is 8.41. The second-order valence-electron chi connectivity index (χ2n) is 9.61. The highest BCUT2D eigenvalue weighted by atomic mass is 35.5.